The molecule has 0 bridgehead atoms. The van der Waals surface area contributed by atoms with Gasteiger partial charge in [-0.2, -0.15) is 5.10 Å². The fourth-order valence-corrected chi connectivity index (χ4v) is 6.07. The number of amides is 1. The number of pyridine rings is 1. The maximum Gasteiger partial charge on any atom is 0.227 e. The molecule has 0 radical (unpaired) electrons. The standard InChI is InChI=1S/C33H29FN6O3S/c1-44(42,43)36-16-19-10-22(12-24(34)11-19)26-6-3-7-29-27(26)15-31(38-29)32-28-14-21(8-9-30(28)39-40-32)23-13-25(18-35-17-23)37-33(41)20-4-2-5-20/h3,6-15,17-18,20,36,38H,2,4-5,16H2,1H3,(H,37,41)(H,39,40). The molecule has 6 aromatic rings. The van der Waals surface area contributed by atoms with Crippen LogP contribution in [0, 0.1) is 11.7 Å². The number of fused-ring (bicyclic) bond motifs is 2. The zero-order valence-corrected chi connectivity index (χ0v) is 24.6. The van der Waals surface area contributed by atoms with E-state index in [-0.39, 0.29) is 18.4 Å². The molecule has 3 aromatic carbocycles. The molecule has 1 amide bonds. The highest BCUT2D eigenvalue weighted by Crippen LogP contribution is 2.36. The first kappa shape index (κ1) is 27.9. The first-order valence-corrected chi connectivity index (χ1v) is 16.2. The van der Waals surface area contributed by atoms with Gasteiger partial charge in [-0.3, -0.25) is 14.9 Å². The summed E-state index contributed by atoms with van der Waals surface area (Å²) < 4.78 is 40.2. The van der Waals surface area contributed by atoms with Gasteiger partial charge in [-0.1, -0.05) is 24.6 Å². The van der Waals surface area contributed by atoms with Gasteiger partial charge in [-0.15, -0.1) is 0 Å². The molecule has 3 heterocycles. The molecule has 9 nitrogen and oxygen atoms in total. The Bertz CT molecular complexity index is 2170. The molecule has 4 N–H and O–H groups in total. The third-order valence-electron chi connectivity index (χ3n) is 8.10. The fraction of sp³-hybridized carbons (Fsp3) is 0.182. The second-order valence-corrected chi connectivity index (χ2v) is 13.1. The Morgan fingerprint density at radius 3 is 2.61 bits per heavy atom. The summed E-state index contributed by atoms with van der Waals surface area (Å²) >= 11 is 0. The normalized spacial score (nSPS) is 13.8. The summed E-state index contributed by atoms with van der Waals surface area (Å²) in [6.45, 7) is -0.00906. The maximum absolute atomic E-state index is 14.6. The second-order valence-electron chi connectivity index (χ2n) is 11.3. The van der Waals surface area contributed by atoms with Crippen LogP contribution in [0.15, 0.2) is 79.1 Å². The van der Waals surface area contributed by atoms with E-state index < -0.39 is 15.8 Å². The zero-order chi connectivity index (χ0) is 30.4. The van der Waals surface area contributed by atoms with Crippen molar-refractivity contribution in [2.45, 2.75) is 25.8 Å². The Labute approximate surface area is 253 Å². The Morgan fingerprint density at radius 1 is 0.955 bits per heavy atom. The van der Waals surface area contributed by atoms with Crippen LogP contribution in [0.1, 0.15) is 24.8 Å². The van der Waals surface area contributed by atoms with Crippen molar-refractivity contribution in [3.8, 4) is 33.6 Å². The van der Waals surface area contributed by atoms with E-state index >= 15 is 0 Å². The molecule has 0 atom stereocenters. The molecule has 3 aromatic heterocycles. The molecule has 7 rings (SSSR count). The minimum Gasteiger partial charge on any atom is -0.353 e. The Kier molecular flexibility index (Phi) is 6.98. The van der Waals surface area contributed by atoms with Crippen LogP contribution in [-0.2, 0) is 21.4 Å². The molecule has 44 heavy (non-hydrogen) atoms. The van der Waals surface area contributed by atoms with Crippen LogP contribution in [0.3, 0.4) is 0 Å². The SMILES string of the molecule is CS(=O)(=O)NCc1cc(F)cc(-c2cccc3[nH]c(-c4n[nH]c5ccc(-c6cncc(NC(=O)C7CCC7)c6)cc45)cc23)c1. The number of sulfonamides is 1. The van der Waals surface area contributed by atoms with Crippen molar-refractivity contribution in [2.24, 2.45) is 5.92 Å². The van der Waals surface area contributed by atoms with Gasteiger partial charge in [0.15, 0.2) is 0 Å². The van der Waals surface area contributed by atoms with Crippen LogP contribution in [-0.4, -0.2) is 40.7 Å². The third-order valence-corrected chi connectivity index (χ3v) is 8.77. The molecule has 1 aliphatic carbocycles. The van der Waals surface area contributed by atoms with Gasteiger partial charge >= 0.3 is 0 Å². The van der Waals surface area contributed by atoms with Crippen LogP contribution < -0.4 is 10.0 Å². The minimum absolute atomic E-state index is 0.00906. The predicted octanol–water partition coefficient (Wildman–Crippen LogP) is 6.37. The Morgan fingerprint density at radius 2 is 1.82 bits per heavy atom. The third kappa shape index (κ3) is 5.59. The summed E-state index contributed by atoms with van der Waals surface area (Å²) in [6, 6.07) is 20.2. The van der Waals surface area contributed by atoms with E-state index in [1.54, 1.807) is 18.5 Å². The van der Waals surface area contributed by atoms with Crippen molar-refractivity contribution in [1.29, 1.82) is 0 Å². The molecule has 1 aliphatic rings. The lowest BCUT2D eigenvalue weighted by molar-refractivity contribution is -0.122. The largest absolute Gasteiger partial charge is 0.353 e. The molecule has 1 saturated carbocycles. The van der Waals surface area contributed by atoms with Crippen molar-refractivity contribution >= 4 is 43.4 Å². The van der Waals surface area contributed by atoms with Crippen LogP contribution >= 0.6 is 0 Å². The molecular formula is C33H29FN6O3S. The van der Waals surface area contributed by atoms with E-state index in [1.165, 1.54) is 12.1 Å². The summed E-state index contributed by atoms with van der Waals surface area (Å²) in [5.41, 5.74) is 7.65. The quantitative estimate of drug-likeness (QED) is 0.159. The number of H-pyrrole nitrogens is 2. The number of rotatable bonds is 8. The van der Waals surface area contributed by atoms with Gasteiger partial charge in [0.25, 0.3) is 0 Å². The van der Waals surface area contributed by atoms with Gasteiger partial charge in [0, 0.05) is 40.5 Å². The number of nitrogens with zero attached hydrogens (tertiary/aromatic N) is 2. The topological polar surface area (TPSA) is 133 Å². The summed E-state index contributed by atoms with van der Waals surface area (Å²) in [7, 11) is -3.42. The number of hydrogen-bond donors (Lipinski definition) is 4. The number of anilines is 1. The molecule has 0 aliphatic heterocycles. The summed E-state index contributed by atoms with van der Waals surface area (Å²) in [5, 5.41) is 12.5. The first-order chi connectivity index (χ1) is 21.2. The van der Waals surface area contributed by atoms with Crippen LogP contribution in [0.5, 0.6) is 0 Å². The summed E-state index contributed by atoms with van der Waals surface area (Å²) in [6.07, 6.45) is 7.46. The molecular weight excluding hydrogens is 579 g/mol. The molecule has 0 unspecified atom stereocenters. The van der Waals surface area contributed by atoms with E-state index in [0.717, 1.165) is 75.4 Å². The smallest absolute Gasteiger partial charge is 0.227 e. The summed E-state index contributed by atoms with van der Waals surface area (Å²) in [4.78, 5) is 20.3. The highest BCUT2D eigenvalue weighted by atomic mass is 32.2. The van der Waals surface area contributed by atoms with Gasteiger partial charge < -0.3 is 10.3 Å². The Hall–Kier alpha value is -4.87. The van der Waals surface area contributed by atoms with Gasteiger partial charge in [0.1, 0.15) is 11.5 Å². The lowest BCUT2D eigenvalue weighted by atomic mass is 9.85. The second kappa shape index (κ2) is 11.0. The number of carbonyl (C=O) groups is 1. The Balaban J connectivity index is 1.23. The minimum atomic E-state index is -3.42. The van der Waals surface area contributed by atoms with Gasteiger partial charge in [0.05, 0.1) is 29.4 Å². The molecule has 0 spiro atoms. The van der Waals surface area contributed by atoms with Crippen LogP contribution in [0.2, 0.25) is 0 Å². The van der Waals surface area contributed by atoms with Crippen LogP contribution in [0.25, 0.3) is 55.4 Å². The van der Waals surface area contributed by atoms with E-state index in [4.69, 9.17) is 0 Å². The number of benzene rings is 3. The lowest BCUT2D eigenvalue weighted by Gasteiger charge is -2.24. The van der Waals surface area contributed by atoms with Gasteiger partial charge in [0.2, 0.25) is 15.9 Å². The number of hydrogen-bond acceptors (Lipinski definition) is 5. The number of carbonyl (C=O) groups excluding carboxylic acids is 1. The molecule has 11 heteroatoms. The number of aromatic amines is 2. The highest BCUT2D eigenvalue weighted by Gasteiger charge is 2.25. The monoisotopic (exact) mass is 608 g/mol. The maximum atomic E-state index is 14.6. The molecule has 0 saturated heterocycles. The predicted molar refractivity (Wildman–Crippen MR) is 170 cm³/mol. The number of halogens is 1. The van der Waals surface area contributed by atoms with Crippen molar-refractivity contribution < 1.29 is 17.6 Å². The van der Waals surface area contributed by atoms with Crippen molar-refractivity contribution in [1.82, 2.24) is 24.9 Å². The van der Waals surface area contributed by atoms with Crippen molar-refractivity contribution in [3.05, 3.63) is 90.5 Å². The fourth-order valence-electron chi connectivity index (χ4n) is 5.64. The van der Waals surface area contributed by atoms with E-state index in [2.05, 4.69) is 30.2 Å². The average Bonchev–Trinajstić information content (AvgIpc) is 3.58. The van der Waals surface area contributed by atoms with Crippen LogP contribution in [0.4, 0.5) is 10.1 Å². The van der Waals surface area contributed by atoms with E-state index in [1.807, 2.05) is 48.5 Å². The average molecular weight is 609 g/mol. The highest BCUT2D eigenvalue weighted by molar-refractivity contribution is 7.88. The van der Waals surface area contributed by atoms with Gasteiger partial charge in [-0.25, -0.2) is 17.5 Å². The summed E-state index contributed by atoms with van der Waals surface area (Å²) in [5.74, 6) is -0.325. The zero-order valence-electron chi connectivity index (χ0n) is 23.8. The molecule has 1 fully saturated rings. The van der Waals surface area contributed by atoms with E-state index in [9.17, 15) is 17.6 Å². The van der Waals surface area contributed by atoms with E-state index in [0.29, 0.717) is 16.8 Å². The first-order valence-electron chi connectivity index (χ1n) is 14.3. The van der Waals surface area contributed by atoms with Crippen molar-refractivity contribution in [2.75, 3.05) is 11.6 Å². The van der Waals surface area contributed by atoms with Crippen molar-refractivity contribution in [3.63, 3.8) is 0 Å². The lowest BCUT2D eigenvalue weighted by Crippen LogP contribution is -2.28. The molecule has 222 valence electrons. The van der Waals surface area contributed by atoms with Gasteiger partial charge in [-0.05, 0) is 83.6 Å². The number of nitrogens with one attached hydrogen (secondary N) is 4. The number of aromatic nitrogens is 4.